The zero-order valence-corrected chi connectivity index (χ0v) is 12.6. The minimum absolute atomic E-state index is 0.125. The molecule has 3 rings (SSSR count). The first-order valence-electron chi connectivity index (χ1n) is 7.18. The van der Waals surface area contributed by atoms with Crippen LogP contribution in [0.25, 0.3) is 0 Å². The summed E-state index contributed by atoms with van der Waals surface area (Å²) in [6.07, 6.45) is -0.0621. The monoisotopic (exact) mass is 284 g/mol. The molecule has 110 valence electrons. The molecule has 1 aliphatic rings. The number of aryl methyl sites for hydroxylation is 2. The zero-order valence-electron chi connectivity index (χ0n) is 12.6. The molecule has 2 aromatic rings. The number of methoxy groups -OCH3 is 1. The van der Waals surface area contributed by atoms with Crippen LogP contribution in [0.1, 0.15) is 40.9 Å². The van der Waals surface area contributed by atoms with E-state index in [1.807, 2.05) is 18.2 Å². The Morgan fingerprint density at radius 1 is 1.10 bits per heavy atom. The van der Waals surface area contributed by atoms with Crippen LogP contribution < -0.4 is 9.47 Å². The van der Waals surface area contributed by atoms with E-state index in [2.05, 4.69) is 32.0 Å². The van der Waals surface area contributed by atoms with Crippen molar-refractivity contribution < 1.29 is 14.6 Å². The molecule has 0 amide bonds. The van der Waals surface area contributed by atoms with Gasteiger partial charge in [0.1, 0.15) is 17.6 Å². The Labute approximate surface area is 125 Å². The first-order valence-corrected chi connectivity index (χ1v) is 7.18. The number of rotatable bonds is 2. The maximum absolute atomic E-state index is 10.4. The second kappa shape index (κ2) is 5.41. The predicted molar refractivity (Wildman–Crippen MR) is 81.9 cm³/mol. The summed E-state index contributed by atoms with van der Waals surface area (Å²) in [6.45, 7) is 4.14. The third kappa shape index (κ3) is 2.61. The molecule has 2 atom stereocenters. The van der Waals surface area contributed by atoms with Crippen molar-refractivity contribution in [1.29, 1.82) is 0 Å². The van der Waals surface area contributed by atoms with E-state index >= 15 is 0 Å². The highest BCUT2D eigenvalue weighted by Crippen LogP contribution is 2.42. The standard InChI is InChI=1S/C18H20O3/c1-11-4-5-12(2)15(8-11)18-10-16(19)14-7-6-13(20-3)9-17(14)21-18/h4-9,16,18-19H,10H2,1-3H3/t16-,18?/m1/s1. The average molecular weight is 284 g/mol. The molecular weight excluding hydrogens is 264 g/mol. The Bertz CT molecular complexity index is 664. The van der Waals surface area contributed by atoms with Gasteiger partial charge in [0.25, 0.3) is 0 Å². The summed E-state index contributed by atoms with van der Waals surface area (Å²) in [5.41, 5.74) is 4.36. The van der Waals surface area contributed by atoms with Crippen molar-refractivity contribution in [3.05, 3.63) is 58.7 Å². The normalized spacial score (nSPS) is 20.6. The van der Waals surface area contributed by atoms with Gasteiger partial charge in [-0.05, 0) is 37.1 Å². The quantitative estimate of drug-likeness (QED) is 0.910. The predicted octanol–water partition coefficient (Wildman–Crippen LogP) is 3.87. The molecular formula is C18H20O3. The van der Waals surface area contributed by atoms with Gasteiger partial charge in [-0.25, -0.2) is 0 Å². The second-order valence-corrected chi connectivity index (χ2v) is 5.62. The van der Waals surface area contributed by atoms with Gasteiger partial charge in [0.05, 0.1) is 13.2 Å². The van der Waals surface area contributed by atoms with Gasteiger partial charge in [-0.2, -0.15) is 0 Å². The Hall–Kier alpha value is -2.00. The minimum Gasteiger partial charge on any atom is -0.497 e. The van der Waals surface area contributed by atoms with Crippen LogP contribution in [0.3, 0.4) is 0 Å². The third-order valence-corrected chi connectivity index (χ3v) is 4.07. The number of hydrogen-bond acceptors (Lipinski definition) is 3. The van der Waals surface area contributed by atoms with Crippen LogP contribution in [0.5, 0.6) is 11.5 Å². The Balaban J connectivity index is 1.98. The molecule has 0 spiro atoms. The summed E-state index contributed by atoms with van der Waals surface area (Å²) >= 11 is 0. The van der Waals surface area contributed by atoms with Crippen molar-refractivity contribution in [3.8, 4) is 11.5 Å². The molecule has 0 saturated carbocycles. The smallest absolute Gasteiger partial charge is 0.129 e. The van der Waals surface area contributed by atoms with E-state index in [4.69, 9.17) is 9.47 Å². The molecule has 0 aromatic heterocycles. The van der Waals surface area contributed by atoms with Gasteiger partial charge in [-0.1, -0.05) is 23.8 Å². The summed E-state index contributed by atoms with van der Waals surface area (Å²) in [5.74, 6) is 1.45. The maximum atomic E-state index is 10.4. The lowest BCUT2D eigenvalue weighted by atomic mass is 9.92. The van der Waals surface area contributed by atoms with Crippen LogP contribution in [0.4, 0.5) is 0 Å². The average Bonchev–Trinajstić information content (AvgIpc) is 2.49. The number of fused-ring (bicyclic) bond motifs is 1. The van der Waals surface area contributed by atoms with Gasteiger partial charge in [0, 0.05) is 18.1 Å². The number of benzene rings is 2. The van der Waals surface area contributed by atoms with Gasteiger partial charge in [0.15, 0.2) is 0 Å². The lowest BCUT2D eigenvalue weighted by Gasteiger charge is -2.31. The van der Waals surface area contributed by atoms with Crippen LogP contribution in [0, 0.1) is 13.8 Å². The molecule has 0 aliphatic carbocycles. The fourth-order valence-corrected chi connectivity index (χ4v) is 2.85. The van der Waals surface area contributed by atoms with Crippen LogP contribution in [0.15, 0.2) is 36.4 Å². The zero-order chi connectivity index (χ0) is 15.0. The molecule has 3 nitrogen and oxygen atoms in total. The van der Waals surface area contributed by atoms with E-state index in [9.17, 15) is 5.11 Å². The number of hydrogen-bond donors (Lipinski definition) is 1. The lowest BCUT2D eigenvalue weighted by molar-refractivity contribution is 0.0652. The summed E-state index contributed by atoms with van der Waals surface area (Å²) in [5, 5.41) is 10.4. The van der Waals surface area contributed by atoms with Crippen molar-refractivity contribution in [2.75, 3.05) is 7.11 Å². The number of aliphatic hydroxyl groups excluding tert-OH is 1. The van der Waals surface area contributed by atoms with Crippen molar-refractivity contribution in [2.24, 2.45) is 0 Å². The van der Waals surface area contributed by atoms with Crippen LogP contribution in [-0.2, 0) is 0 Å². The van der Waals surface area contributed by atoms with Crippen LogP contribution in [-0.4, -0.2) is 12.2 Å². The van der Waals surface area contributed by atoms with Gasteiger partial charge in [-0.15, -0.1) is 0 Å². The molecule has 3 heteroatoms. The van der Waals surface area contributed by atoms with E-state index < -0.39 is 6.10 Å². The molecule has 1 aliphatic heterocycles. The molecule has 0 radical (unpaired) electrons. The SMILES string of the molecule is COc1ccc2c(c1)OC(c1cc(C)ccc1C)C[C@H]2O. The molecule has 1 N–H and O–H groups in total. The largest absolute Gasteiger partial charge is 0.497 e. The van der Waals surface area contributed by atoms with E-state index in [0.29, 0.717) is 12.2 Å². The topological polar surface area (TPSA) is 38.7 Å². The first kappa shape index (κ1) is 14.0. The first-order chi connectivity index (χ1) is 10.1. The van der Waals surface area contributed by atoms with E-state index in [1.165, 1.54) is 11.1 Å². The third-order valence-electron chi connectivity index (χ3n) is 4.07. The van der Waals surface area contributed by atoms with E-state index in [1.54, 1.807) is 7.11 Å². The fourth-order valence-electron chi connectivity index (χ4n) is 2.85. The fraction of sp³-hybridized carbons (Fsp3) is 0.333. The Morgan fingerprint density at radius 3 is 2.67 bits per heavy atom. The molecule has 0 saturated heterocycles. The highest BCUT2D eigenvalue weighted by atomic mass is 16.5. The molecule has 21 heavy (non-hydrogen) atoms. The molecule has 1 heterocycles. The van der Waals surface area contributed by atoms with Gasteiger partial charge in [-0.3, -0.25) is 0 Å². The lowest BCUT2D eigenvalue weighted by Crippen LogP contribution is -2.20. The highest BCUT2D eigenvalue weighted by molar-refractivity contribution is 5.45. The van der Waals surface area contributed by atoms with Gasteiger partial charge < -0.3 is 14.6 Å². The summed E-state index contributed by atoms with van der Waals surface area (Å²) in [6, 6.07) is 11.9. The van der Waals surface area contributed by atoms with E-state index in [-0.39, 0.29) is 6.10 Å². The molecule has 0 bridgehead atoms. The summed E-state index contributed by atoms with van der Waals surface area (Å²) < 4.78 is 11.4. The number of aliphatic hydroxyl groups is 1. The van der Waals surface area contributed by atoms with Crippen molar-refractivity contribution in [3.63, 3.8) is 0 Å². The van der Waals surface area contributed by atoms with Gasteiger partial charge >= 0.3 is 0 Å². The number of ether oxygens (including phenoxy) is 2. The van der Waals surface area contributed by atoms with Crippen molar-refractivity contribution >= 4 is 0 Å². The highest BCUT2D eigenvalue weighted by Gasteiger charge is 2.29. The van der Waals surface area contributed by atoms with Gasteiger partial charge in [0.2, 0.25) is 0 Å². The van der Waals surface area contributed by atoms with Crippen LogP contribution >= 0.6 is 0 Å². The molecule has 2 aromatic carbocycles. The Kier molecular flexibility index (Phi) is 3.60. The minimum atomic E-state index is -0.510. The second-order valence-electron chi connectivity index (χ2n) is 5.62. The van der Waals surface area contributed by atoms with Crippen molar-refractivity contribution in [1.82, 2.24) is 0 Å². The van der Waals surface area contributed by atoms with Crippen LogP contribution in [0.2, 0.25) is 0 Å². The van der Waals surface area contributed by atoms with Crippen molar-refractivity contribution in [2.45, 2.75) is 32.5 Å². The Morgan fingerprint density at radius 2 is 1.90 bits per heavy atom. The molecule has 0 fully saturated rings. The molecule has 1 unspecified atom stereocenters. The summed E-state index contributed by atoms with van der Waals surface area (Å²) in [7, 11) is 1.63. The maximum Gasteiger partial charge on any atom is 0.129 e. The van der Waals surface area contributed by atoms with E-state index in [0.717, 1.165) is 16.9 Å². The summed E-state index contributed by atoms with van der Waals surface area (Å²) in [4.78, 5) is 0.